The summed E-state index contributed by atoms with van der Waals surface area (Å²) in [5, 5.41) is 2.82. The number of rotatable bonds is 2. The predicted octanol–water partition coefficient (Wildman–Crippen LogP) is 0.492. The third kappa shape index (κ3) is 1.69. The number of nitrogens with two attached hydrogens (primary N) is 1. The Hall–Kier alpha value is -1.78. The van der Waals surface area contributed by atoms with Crippen molar-refractivity contribution >= 4 is 17.3 Å². The van der Waals surface area contributed by atoms with Crippen LogP contribution < -0.4 is 11.1 Å². The quantitative estimate of drug-likeness (QED) is 0.649. The Morgan fingerprint density at radius 2 is 2.31 bits per heavy atom. The molecule has 0 aliphatic heterocycles. The molecule has 5 nitrogen and oxygen atoms in total. The van der Waals surface area contributed by atoms with Crippen LogP contribution in [0.5, 0.6) is 0 Å². The highest BCUT2D eigenvalue weighted by Crippen LogP contribution is 2.20. The highest BCUT2D eigenvalue weighted by Gasteiger charge is 2.12. The van der Waals surface area contributed by atoms with E-state index < -0.39 is 5.97 Å². The van der Waals surface area contributed by atoms with E-state index in [1.54, 1.807) is 13.2 Å². The van der Waals surface area contributed by atoms with Gasteiger partial charge in [0.1, 0.15) is 5.56 Å². The zero-order chi connectivity index (χ0) is 9.84. The summed E-state index contributed by atoms with van der Waals surface area (Å²) in [6, 6.07) is 0. The molecule has 0 saturated heterocycles. The fraction of sp³-hybridized carbons (Fsp3) is 0.250. The zero-order valence-electron chi connectivity index (χ0n) is 7.50. The Bertz CT molecular complexity index is 325. The summed E-state index contributed by atoms with van der Waals surface area (Å²) in [5.41, 5.74) is 6.90. The Kier molecular flexibility index (Phi) is 2.69. The second-order valence-electron chi connectivity index (χ2n) is 2.39. The average Bonchev–Trinajstić information content (AvgIpc) is 2.17. The van der Waals surface area contributed by atoms with Crippen molar-refractivity contribution in [3.8, 4) is 0 Å². The highest BCUT2D eigenvalue weighted by atomic mass is 16.5. The van der Waals surface area contributed by atoms with Gasteiger partial charge in [0.05, 0.1) is 24.7 Å². The van der Waals surface area contributed by atoms with Crippen LogP contribution >= 0.6 is 0 Å². The molecule has 1 rings (SSSR count). The van der Waals surface area contributed by atoms with Gasteiger partial charge in [-0.2, -0.15) is 0 Å². The van der Waals surface area contributed by atoms with Crippen LogP contribution in [0, 0.1) is 0 Å². The number of esters is 1. The van der Waals surface area contributed by atoms with Crippen molar-refractivity contribution in [2.24, 2.45) is 0 Å². The van der Waals surface area contributed by atoms with Gasteiger partial charge in [0.15, 0.2) is 0 Å². The monoisotopic (exact) mass is 181 g/mol. The fourth-order valence-corrected chi connectivity index (χ4v) is 0.942. The van der Waals surface area contributed by atoms with Crippen LogP contribution in [0.3, 0.4) is 0 Å². The van der Waals surface area contributed by atoms with Crippen molar-refractivity contribution in [1.82, 2.24) is 4.98 Å². The Balaban J connectivity index is 3.15. The number of nitrogen functional groups attached to an aromatic ring is 1. The van der Waals surface area contributed by atoms with Gasteiger partial charge in [-0.25, -0.2) is 4.79 Å². The van der Waals surface area contributed by atoms with Gasteiger partial charge in [-0.3, -0.25) is 4.98 Å². The molecule has 0 fully saturated rings. The maximum absolute atomic E-state index is 11.1. The van der Waals surface area contributed by atoms with Gasteiger partial charge in [-0.05, 0) is 0 Å². The molecule has 0 aliphatic carbocycles. The summed E-state index contributed by atoms with van der Waals surface area (Å²) in [6.07, 6.45) is 2.92. The van der Waals surface area contributed by atoms with Crippen molar-refractivity contribution in [2.75, 3.05) is 25.2 Å². The molecular weight excluding hydrogens is 170 g/mol. The van der Waals surface area contributed by atoms with Gasteiger partial charge in [-0.15, -0.1) is 0 Å². The zero-order valence-corrected chi connectivity index (χ0v) is 7.50. The average molecular weight is 181 g/mol. The number of carbonyl (C=O) groups excluding carboxylic acids is 1. The van der Waals surface area contributed by atoms with E-state index in [1.807, 2.05) is 0 Å². The van der Waals surface area contributed by atoms with Gasteiger partial charge >= 0.3 is 5.97 Å². The van der Waals surface area contributed by atoms with Gasteiger partial charge in [0.25, 0.3) is 0 Å². The van der Waals surface area contributed by atoms with Crippen LogP contribution in [0.4, 0.5) is 11.4 Å². The lowest BCUT2D eigenvalue weighted by molar-refractivity contribution is 0.0601. The predicted molar refractivity (Wildman–Crippen MR) is 49.5 cm³/mol. The molecule has 0 unspecified atom stereocenters. The number of carbonyl (C=O) groups is 1. The molecule has 1 heterocycles. The molecule has 0 saturated carbocycles. The second-order valence-corrected chi connectivity index (χ2v) is 2.39. The summed E-state index contributed by atoms with van der Waals surface area (Å²) in [4.78, 5) is 15.0. The smallest absolute Gasteiger partial charge is 0.341 e. The number of nitrogens with one attached hydrogen (secondary N) is 1. The van der Waals surface area contributed by atoms with E-state index in [4.69, 9.17) is 5.73 Å². The van der Waals surface area contributed by atoms with E-state index in [0.717, 1.165) is 0 Å². The minimum absolute atomic E-state index is 0.273. The molecule has 1 aromatic rings. The third-order valence-corrected chi connectivity index (χ3v) is 1.66. The maximum atomic E-state index is 11.1. The number of hydrogen-bond acceptors (Lipinski definition) is 5. The van der Waals surface area contributed by atoms with Crippen molar-refractivity contribution in [1.29, 1.82) is 0 Å². The van der Waals surface area contributed by atoms with Crippen LogP contribution in [0.25, 0.3) is 0 Å². The molecule has 70 valence electrons. The lowest BCUT2D eigenvalue weighted by Crippen LogP contribution is -2.08. The van der Waals surface area contributed by atoms with Gasteiger partial charge in [0.2, 0.25) is 0 Å². The van der Waals surface area contributed by atoms with E-state index >= 15 is 0 Å². The van der Waals surface area contributed by atoms with Crippen LogP contribution in [0.1, 0.15) is 10.4 Å². The Labute approximate surface area is 75.9 Å². The molecule has 0 aliphatic rings. The van der Waals surface area contributed by atoms with Crippen molar-refractivity contribution in [3.05, 3.63) is 18.0 Å². The Morgan fingerprint density at radius 1 is 1.62 bits per heavy atom. The Morgan fingerprint density at radius 3 is 2.85 bits per heavy atom. The fourth-order valence-electron chi connectivity index (χ4n) is 0.942. The molecule has 1 aromatic heterocycles. The van der Waals surface area contributed by atoms with Crippen LogP contribution in [-0.4, -0.2) is 25.1 Å². The molecule has 0 radical (unpaired) electrons. The summed E-state index contributed by atoms with van der Waals surface area (Å²) in [5.74, 6) is -0.484. The third-order valence-electron chi connectivity index (χ3n) is 1.66. The van der Waals surface area contributed by atoms with Crippen LogP contribution in [-0.2, 0) is 4.74 Å². The number of ether oxygens (including phenoxy) is 1. The first-order chi connectivity index (χ1) is 6.20. The molecule has 0 amide bonds. The van der Waals surface area contributed by atoms with Crippen molar-refractivity contribution in [3.63, 3.8) is 0 Å². The van der Waals surface area contributed by atoms with E-state index in [0.29, 0.717) is 11.4 Å². The second kappa shape index (κ2) is 3.75. The van der Waals surface area contributed by atoms with Gasteiger partial charge in [0, 0.05) is 13.2 Å². The summed E-state index contributed by atoms with van der Waals surface area (Å²) < 4.78 is 4.53. The summed E-state index contributed by atoms with van der Waals surface area (Å²) in [6.45, 7) is 0. The van der Waals surface area contributed by atoms with Crippen molar-refractivity contribution < 1.29 is 9.53 Å². The van der Waals surface area contributed by atoms with Crippen molar-refractivity contribution in [2.45, 2.75) is 0 Å². The van der Waals surface area contributed by atoms with E-state index in [2.05, 4.69) is 15.0 Å². The normalized spacial score (nSPS) is 9.38. The first kappa shape index (κ1) is 9.31. The first-order valence-corrected chi connectivity index (χ1v) is 3.70. The molecule has 0 aromatic carbocycles. The molecule has 3 N–H and O–H groups in total. The number of methoxy groups -OCH3 is 1. The highest BCUT2D eigenvalue weighted by molar-refractivity contribution is 5.97. The number of nitrogens with zero attached hydrogens (tertiary/aromatic N) is 1. The van der Waals surface area contributed by atoms with E-state index in [-0.39, 0.29) is 5.56 Å². The lowest BCUT2D eigenvalue weighted by atomic mass is 10.2. The van der Waals surface area contributed by atoms with E-state index in [9.17, 15) is 4.79 Å². The van der Waals surface area contributed by atoms with Crippen LogP contribution in [0.2, 0.25) is 0 Å². The number of pyridine rings is 1. The molecule has 5 heteroatoms. The first-order valence-electron chi connectivity index (χ1n) is 3.70. The summed E-state index contributed by atoms with van der Waals surface area (Å²) >= 11 is 0. The minimum Gasteiger partial charge on any atom is -0.465 e. The molecular formula is C8H11N3O2. The van der Waals surface area contributed by atoms with E-state index in [1.165, 1.54) is 13.3 Å². The van der Waals surface area contributed by atoms with Gasteiger partial charge in [-0.1, -0.05) is 0 Å². The van der Waals surface area contributed by atoms with Crippen LogP contribution in [0.15, 0.2) is 12.4 Å². The number of anilines is 2. The molecule has 0 bridgehead atoms. The molecule has 0 atom stereocenters. The minimum atomic E-state index is -0.484. The maximum Gasteiger partial charge on any atom is 0.341 e. The SMILES string of the molecule is CNc1cncc(C(=O)OC)c1N. The topological polar surface area (TPSA) is 77.2 Å². The number of aromatic nitrogens is 1. The standard InChI is InChI=1S/C8H11N3O2/c1-10-6-4-11-3-5(7(6)9)8(12)13-2/h3-4,10H,1-2H3,(H2,9,11). The summed E-state index contributed by atoms with van der Waals surface area (Å²) in [7, 11) is 3.00. The number of hydrogen-bond donors (Lipinski definition) is 2. The van der Waals surface area contributed by atoms with Gasteiger partial charge < -0.3 is 15.8 Å². The largest absolute Gasteiger partial charge is 0.465 e. The lowest BCUT2D eigenvalue weighted by Gasteiger charge is -2.07. The molecule has 0 spiro atoms. The molecule has 13 heavy (non-hydrogen) atoms.